The minimum Gasteiger partial charge on any atom is -0.476 e. The predicted octanol–water partition coefficient (Wildman–Crippen LogP) is 3.74. The third-order valence-electron chi connectivity index (χ3n) is 13.3. The molecule has 3 saturated heterocycles. The van der Waals surface area contributed by atoms with Gasteiger partial charge >= 0.3 is 17.9 Å². The molecule has 3 rings (SSSR count). The first kappa shape index (κ1) is 61.9. The zero-order chi connectivity index (χ0) is 51.8. The molecule has 20 heteroatoms. The molecule has 0 aromatic rings. The Morgan fingerprint density at radius 1 is 0.643 bits per heavy atom. The number of hydrogen-bond donors (Lipinski definition) is 8. The number of rotatable bonds is 35. The van der Waals surface area contributed by atoms with E-state index in [0.717, 1.165) is 83.5 Å². The highest BCUT2D eigenvalue weighted by Crippen LogP contribution is 2.35. The molecule has 3 aliphatic rings. The molecule has 0 amide bonds. The number of ketones is 1. The van der Waals surface area contributed by atoms with Gasteiger partial charge in [-0.05, 0) is 44.4 Å². The Hall–Kier alpha value is -2.44. The van der Waals surface area contributed by atoms with E-state index in [4.69, 9.17) is 43.0 Å². The van der Waals surface area contributed by atoms with Gasteiger partial charge in [0.2, 0.25) is 5.78 Å². The van der Waals surface area contributed by atoms with Gasteiger partial charge in [-0.3, -0.25) is 14.4 Å². The lowest BCUT2D eigenvalue weighted by atomic mass is 9.94. The molecule has 0 bridgehead atoms. The average Bonchev–Trinajstić information content (AvgIpc) is 3.31. The molecule has 70 heavy (non-hydrogen) atoms. The summed E-state index contributed by atoms with van der Waals surface area (Å²) in [5.74, 6) is -3.95. The molecule has 0 saturated carbocycles. The maximum absolute atomic E-state index is 12.3. The quantitative estimate of drug-likeness (QED) is 0.0255. The highest BCUT2D eigenvalue weighted by Gasteiger charge is 2.51. The van der Waals surface area contributed by atoms with Crippen molar-refractivity contribution in [1.29, 1.82) is 0 Å². The molecule has 0 aromatic carbocycles. The lowest BCUT2D eigenvalue weighted by Crippen LogP contribution is -2.63. The number of esters is 2. The van der Waals surface area contributed by atoms with Crippen molar-refractivity contribution >= 4 is 23.7 Å². The second kappa shape index (κ2) is 33.4. The Kier molecular flexibility index (Phi) is 29.5. The summed E-state index contributed by atoms with van der Waals surface area (Å²) < 4.78 is 47.7. The van der Waals surface area contributed by atoms with E-state index in [1.54, 1.807) is 6.92 Å². The third-order valence-corrected chi connectivity index (χ3v) is 13.3. The Bertz CT molecular complexity index is 1490. The second-order valence-electron chi connectivity index (χ2n) is 19.9. The highest BCUT2D eigenvalue weighted by molar-refractivity contribution is 6.32. The van der Waals surface area contributed by atoms with Crippen LogP contribution in [-0.4, -0.2) is 176 Å². The van der Waals surface area contributed by atoms with Gasteiger partial charge in [-0.15, -0.1) is 0 Å². The van der Waals surface area contributed by atoms with Gasteiger partial charge in [-0.1, -0.05) is 111 Å². The molecule has 1 unspecified atom stereocenters. The van der Waals surface area contributed by atoms with E-state index >= 15 is 0 Å². The number of ether oxygens (including phenoxy) is 8. The van der Waals surface area contributed by atoms with Crippen molar-refractivity contribution < 1.29 is 97.9 Å². The van der Waals surface area contributed by atoms with E-state index in [0.29, 0.717) is 38.5 Å². The van der Waals surface area contributed by atoms with E-state index in [-0.39, 0.29) is 32.0 Å². The molecule has 8 N–H and O–H groups in total. The molecule has 0 aliphatic carbocycles. The molecule has 20 nitrogen and oxygen atoms in total. The molecular formula is C50H88O20. The zero-order valence-electron chi connectivity index (χ0n) is 42.3. The number of carbonyl (C=O) groups excluding carboxylic acids is 3. The van der Waals surface area contributed by atoms with Crippen LogP contribution in [0.25, 0.3) is 0 Å². The first-order valence-corrected chi connectivity index (χ1v) is 26.0. The molecule has 3 heterocycles. The number of aliphatic hydroxyl groups excluding tert-OH is 7. The van der Waals surface area contributed by atoms with Crippen LogP contribution in [0.4, 0.5) is 0 Å². The summed E-state index contributed by atoms with van der Waals surface area (Å²) in [6.45, 7) is 7.69. The number of carboxylic acids is 1. The van der Waals surface area contributed by atoms with E-state index in [2.05, 4.69) is 0 Å². The number of carboxylic acid groups (broad SMARTS) is 1. The maximum Gasteiger partial charge on any atom is 0.372 e. The van der Waals surface area contributed by atoms with Crippen LogP contribution in [0.1, 0.15) is 169 Å². The average molecular weight is 1010 g/mol. The minimum atomic E-state index is -1.80. The van der Waals surface area contributed by atoms with Crippen LogP contribution < -0.4 is 0 Å². The Morgan fingerprint density at radius 2 is 1.20 bits per heavy atom. The summed E-state index contributed by atoms with van der Waals surface area (Å²) in [7, 11) is 0. The summed E-state index contributed by atoms with van der Waals surface area (Å²) in [5.41, 5.74) is 0. The van der Waals surface area contributed by atoms with Gasteiger partial charge < -0.3 is 78.7 Å². The van der Waals surface area contributed by atoms with Gasteiger partial charge in [0.15, 0.2) is 18.9 Å². The fraction of sp³-hybridized carbons (Fsp3) is 0.920. The summed E-state index contributed by atoms with van der Waals surface area (Å²) in [6, 6.07) is 0. The largest absolute Gasteiger partial charge is 0.476 e. The van der Waals surface area contributed by atoms with Crippen LogP contribution in [0.3, 0.4) is 0 Å². The number of hydrogen-bond acceptors (Lipinski definition) is 19. The van der Waals surface area contributed by atoms with E-state index < -0.39 is 128 Å². The molecule has 0 aromatic heterocycles. The molecular weight excluding hydrogens is 921 g/mol. The van der Waals surface area contributed by atoms with Gasteiger partial charge in [0, 0.05) is 25.7 Å². The van der Waals surface area contributed by atoms with Crippen LogP contribution in [-0.2, 0) is 57.1 Å². The van der Waals surface area contributed by atoms with Gasteiger partial charge in [0.1, 0.15) is 61.5 Å². The van der Waals surface area contributed by atoms with Gasteiger partial charge in [0.05, 0.1) is 31.5 Å². The first-order chi connectivity index (χ1) is 33.3. The van der Waals surface area contributed by atoms with Crippen LogP contribution in [0.5, 0.6) is 0 Å². The smallest absolute Gasteiger partial charge is 0.372 e. The maximum atomic E-state index is 12.3. The fourth-order valence-electron chi connectivity index (χ4n) is 8.98. The monoisotopic (exact) mass is 1010 g/mol. The van der Waals surface area contributed by atoms with Crippen molar-refractivity contribution in [2.24, 2.45) is 11.8 Å². The van der Waals surface area contributed by atoms with Crippen LogP contribution in [0.15, 0.2) is 0 Å². The molecule has 3 fully saturated rings. The van der Waals surface area contributed by atoms with Crippen molar-refractivity contribution in [2.45, 2.75) is 262 Å². The number of Topliss-reactive ketones (excluding diaryl/α,β-unsaturated/α-hetero) is 1. The molecule has 0 radical (unpaired) electrons. The topological polar surface area (TPSA) is 304 Å². The van der Waals surface area contributed by atoms with E-state index in [9.17, 15) is 54.9 Å². The first-order valence-electron chi connectivity index (χ1n) is 26.0. The normalized spacial score (nSPS) is 30.7. The summed E-state index contributed by atoms with van der Waals surface area (Å²) in [5, 5.41) is 84.9. The van der Waals surface area contributed by atoms with Gasteiger partial charge in [-0.2, -0.15) is 0 Å². The van der Waals surface area contributed by atoms with E-state index in [1.807, 2.05) is 20.8 Å². The number of unbranched alkanes of at least 4 members (excludes halogenated alkanes) is 12. The van der Waals surface area contributed by atoms with Crippen molar-refractivity contribution in [3.63, 3.8) is 0 Å². The molecule has 3 aliphatic heterocycles. The van der Waals surface area contributed by atoms with Crippen LogP contribution >= 0.6 is 0 Å². The summed E-state index contributed by atoms with van der Waals surface area (Å²) in [4.78, 5) is 46.1. The SMILES string of the molecule is CCCC[C@@H](CCC[C@H](O)[C@@H](O)CCCCCCCCCCCCCCC(=O)C(=O)O)OC1OC[C@H](O)[C@@H](O)[C@@H]1O[C@H]1OC[C@H](OC(C)=O)[C@@H](C)[C@@H]1O[C@H]1O[C@@H](COC(=O)CC(C)C)[C@H](O)[C@@H](O)[C@@H]1O. The van der Waals surface area contributed by atoms with E-state index in [1.165, 1.54) is 6.92 Å². The van der Waals surface area contributed by atoms with Crippen LogP contribution in [0.2, 0.25) is 0 Å². The summed E-state index contributed by atoms with van der Waals surface area (Å²) in [6.07, 6.45) is -3.05. The predicted molar refractivity (Wildman–Crippen MR) is 251 cm³/mol. The zero-order valence-corrected chi connectivity index (χ0v) is 42.3. The minimum absolute atomic E-state index is 0.000223. The second-order valence-corrected chi connectivity index (χ2v) is 19.9. The molecule has 408 valence electrons. The van der Waals surface area contributed by atoms with Crippen molar-refractivity contribution in [1.82, 2.24) is 0 Å². The van der Waals surface area contributed by atoms with Crippen LogP contribution in [0, 0.1) is 11.8 Å². The van der Waals surface area contributed by atoms with Crippen molar-refractivity contribution in [2.75, 3.05) is 19.8 Å². The highest BCUT2D eigenvalue weighted by atomic mass is 16.8. The Morgan fingerprint density at radius 3 is 1.79 bits per heavy atom. The summed E-state index contributed by atoms with van der Waals surface area (Å²) >= 11 is 0. The number of carbonyl (C=O) groups is 4. The fourth-order valence-corrected chi connectivity index (χ4v) is 8.98. The molecule has 0 spiro atoms. The van der Waals surface area contributed by atoms with Crippen molar-refractivity contribution in [3.8, 4) is 0 Å². The molecule has 16 atom stereocenters. The number of aliphatic hydroxyl groups is 7. The Balaban J connectivity index is 1.54. The Labute approximate surface area is 414 Å². The lowest BCUT2D eigenvalue weighted by Gasteiger charge is -2.47. The third kappa shape index (κ3) is 22.0. The van der Waals surface area contributed by atoms with Crippen molar-refractivity contribution in [3.05, 3.63) is 0 Å². The standard InChI is InChI=1S/C50H88O20/c1-6-7-21-33(22-20-25-35(53)34(52)23-18-16-14-12-10-8-9-11-13-15-17-19-24-36(54)47(61)62)67-50-46(41(57)37(55)27-64-50)70-49-45(31(4)38(28-65-49)66-32(5)51)69-48-44(60)43(59)42(58)39(68-48)29-63-40(56)26-30(2)3/h30-31,33-35,37-39,41-46,48-50,52-53,55,57-60H,6-29H2,1-5H3,(H,61,62)/t31-,33+,34+,35+,37+,38+,39+,41-,42+,43-,44+,45+,46+,48-,49-,50?/m1/s1. The van der Waals surface area contributed by atoms with Gasteiger partial charge in [-0.25, -0.2) is 4.79 Å². The number of aliphatic carboxylic acids is 1. The van der Waals surface area contributed by atoms with Gasteiger partial charge in [0.25, 0.3) is 0 Å². The lowest BCUT2D eigenvalue weighted by molar-refractivity contribution is -0.376.